The number of amides is 2. The molecule has 128 valence electrons. The standard InChI is InChI=1S/C16H25ClN4O2/c1-10(2)19-15-12(17)7-6-8-13(15)18-9-14(22)20-11(3)16(23)21(4)5/h6-8,10-11,18-19H,9H2,1-5H3,(H,20,22)/t11-/m1/s1. The summed E-state index contributed by atoms with van der Waals surface area (Å²) >= 11 is 6.20. The van der Waals surface area contributed by atoms with E-state index < -0.39 is 6.04 Å². The van der Waals surface area contributed by atoms with Crippen LogP contribution in [-0.2, 0) is 9.59 Å². The monoisotopic (exact) mass is 340 g/mol. The van der Waals surface area contributed by atoms with E-state index in [0.29, 0.717) is 5.02 Å². The average Bonchev–Trinajstić information content (AvgIpc) is 2.46. The lowest BCUT2D eigenvalue weighted by Gasteiger charge is -2.19. The van der Waals surface area contributed by atoms with Crippen molar-refractivity contribution < 1.29 is 9.59 Å². The summed E-state index contributed by atoms with van der Waals surface area (Å²) < 4.78 is 0. The van der Waals surface area contributed by atoms with Crippen LogP contribution in [0.1, 0.15) is 20.8 Å². The van der Waals surface area contributed by atoms with E-state index in [0.717, 1.165) is 11.4 Å². The van der Waals surface area contributed by atoms with Crippen molar-refractivity contribution in [3.05, 3.63) is 23.2 Å². The fourth-order valence-corrected chi connectivity index (χ4v) is 2.25. The maximum atomic E-state index is 12.0. The highest BCUT2D eigenvalue weighted by molar-refractivity contribution is 6.34. The van der Waals surface area contributed by atoms with Crippen molar-refractivity contribution in [2.45, 2.75) is 32.9 Å². The van der Waals surface area contributed by atoms with Crippen LogP contribution in [0.2, 0.25) is 5.02 Å². The molecular weight excluding hydrogens is 316 g/mol. The molecule has 7 heteroatoms. The van der Waals surface area contributed by atoms with Crippen LogP contribution < -0.4 is 16.0 Å². The van der Waals surface area contributed by atoms with Crippen LogP contribution in [0.15, 0.2) is 18.2 Å². The Bertz CT molecular complexity index is 561. The first-order valence-corrected chi connectivity index (χ1v) is 7.89. The van der Waals surface area contributed by atoms with E-state index in [-0.39, 0.29) is 24.4 Å². The normalized spacial score (nSPS) is 11.8. The van der Waals surface area contributed by atoms with Crippen molar-refractivity contribution >= 4 is 34.8 Å². The zero-order chi connectivity index (χ0) is 17.6. The van der Waals surface area contributed by atoms with E-state index >= 15 is 0 Å². The van der Waals surface area contributed by atoms with Gasteiger partial charge in [0.2, 0.25) is 11.8 Å². The van der Waals surface area contributed by atoms with Gasteiger partial charge in [0.05, 0.1) is 22.9 Å². The number of anilines is 2. The molecule has 0 heterocycles. The number of carbonyl (C=O) groups is 2. The highest BCUT2D eigenvalue weighted by Gasteiger charge is 2.17. The smallest absolute Gasteiger partial charge is 0.244 e. The van der Waals surface area contributed by atoms with Gasteiger partial charge in [0.25, 0.3) is 0 Å². The fraction of sp³-hybridized carbons (Fsp3) is 0.500. The Hall–Kier alpha value is -1.95. The summed E-state index contributed by atoms with van der Waals surface area (Å²) in [5.41, 5.74) is 1.50. The minimum Gasteiger partial charge on any atom is -0.380 e. The van der Waals surface area contributed by atoms with Gasteiger partial charge in [-0.05, 0) is 32.9 Å². The van der Waals surface area contributed by atoms with Crippen molar-refractivity contribution in [3.63, 3.8) is 0 Å². The number of likely N-dealkylation sites (N-methyl/N-ethyl adjacent to an activating group) is 1. The molecule has 6 nitrogen and oxygen atoms in total. The topological polar surface area (TPSA) is 73.5 Å². The number of nitrogens with zero attached hydrogens (tertiary/aromatic N) is 1. The Labute approximate surface area is 142 Å². The summed E-state index contributed by atoms with van der Waals surface area (Å²) in [7, 11) is 3.30. The third kappa shape index (κ3) is 5.98. The number of nitrogens with one attached hydrogen (secondary N) is 3. The lowest BCUT2D eigenvalue weighted by Crippen LogP contribution is -2.46. The molecule has 0 aliphatic carbocycles. The van der Waals surface area contributed by atoms with Gasteiger partial charge in [-0.2, -0.15) is 0 Å². The van der Waals surface area contributed by atoms with E-state index in [1.54, 1.807) is 27.1 Å². The molecule has 0 fully saturated rings. The van der Waals surface area contributed by atoms with E-state index in [1.165, 1.54) is 4.90 Å². The van der Waals surface area contributed by atoms with Gasteiger partial charge in [0, 0.05) is 20.1 Å². The molecule has 3 N–H and O–H groups in total. The number of carbonyl (C=O) groups excluding carboxylic acids is 2. The SMILES string of the molecule is CC(C)Nc1c(Cl)cccc1NCC(=O)N[C@H](C)C(=O)N(C)C. The highest BCUT2D eigenvalue weighted by Crippen LogP contribution is 2.30. The Balaban J connectivity index is 2.66. The van der Waals surface area contributed by atoms with E-state index in [9.17, 15) is 9.59 Å². The predicted molar refractivity (Wildman–Crippen MR) is 95.0 cm³/mol. The highest BCUT2D eigenvalue weighted by atomic mass is 35.5. The van der Waals surface area contributed by atoms with Crippen LogP contribution in [-0.4, -0.2) is 49.4 Å². The summed E-state index contributed by atoms with van der Waals surface area (Å²) in [4.78, 5) is 25.2. The molecule has 0 unspecified atom stereocenters. The van der Waals surface area contributed by atoms with Crippen LogP contribution in [0.5, 0.6) is 0 Å². The van der Waals surface area contributed by atoms with Gasteiger partial charge in [0.15, 0.2) is 0 Å². The second-order valence-corrected chi connectivity index (χ2v) is 6.24. The van der Waals surface area contributed by atoms with Gasteiger partial charge in [-0.15, -0.1) is 0 Å². The van der Waals surface area contributed by atoms with Gasteiger partial charge in [-0.25, -0.2) is 0 Å². The van der Waals surface area contributed by atoms with E-state index in [2.05, 4.69) is 16.0 Å². The zero-order valence-electron chi connectivity index (χ0n) is 14.2. The molecule has 1 aromatic rings. The first-order chi connectivity index (χ1) is 10.7. The molecule has 0 spiro atoms. The maximum Gasteiger partial charge on any atom is 0.244 e. The first kappa shape index (κ1) is 19.1. The Morgan fingerprint density at radius 1 is 1.22 bits per heavy atom. The second kappa shape index (κ2) is 8.62. The number of hydrogen-bond acceptors (Lipinski definition) is 4. The third-order valence-electron chi connectivity index (χ3n) is 3.07. The molecule has 0 saturated heterocycles. The molecular formula is C16H25ClN4O2. The summed E-state index contributed by atoms with van der Waals surface area (Å²) in [6, 6.07) is 5.09. The average molecular weight is 341 g/mol. The van der Waals surface area contributed by atoms with Crippen LogP contribution in [0.25, 0.3) is 0 Å². The molecule has 2 amide bonds. The Kier molecular flexibility index (Phi) is 7.16. The van der Waals surface area contributed by atoms with Gasteiger partial charge in [0.1, 0.15) is 6.04 Å². The van der Waals surface area contributed by atoms with Crippen molar-refractivity contribution in [1.29, 1.82) is 0 Å². The summed E-state index contributed by atoms with van der Waals surface area (Å²) in [5, 5.41) is 9.54. The van der Waals surface area contributed by atoms with Gasteiger partial charge < -0.3 is 20.9 Å². The quantitative estimate of drug-likeness (QED) is 0.711. The summed E-state index contributed by atoms with van der Waals surface area (Å²) in [6.07, 6.45) is 0. The van der Waals surface area contributed by atoms with Gasteiger partial charge in [-0.3, -0.25) is 9.59 Å². The minimum absolute atomic E-state index is 0.0537. The second-order valence-electron chi connectivity index (χ2n) is 5.84. The molecule has 23 heavy (non-hydrogen) atoms. The van der Waals surface area contributed by atoms with Gasteiger partial charge >= 0.3 is 0 Å². The number of hydrogen-bond donors (Lipinski definition) is 3. The first-order valence-electron chi connectivity index (χ1n) is 7.51. The summed E-state index contributed by atoms with van der Waals surface area (Å²) in [5.74, 6) is -0.411. The van der Waals surface area contributed by atoms with E-state index in [1.807, 2.05) is 26.0 Å². The molecule has 0 aliphatic heterocycles. The molecule has 1 aromatic carbocycles. The van der Waals surface area contributed by atoms with Gasteiger partial charge in [-0.1, -0.05) is 17.7 Å². The number of para-hydroxylation sites is 1. The van der Waals surface area contributed by atoms with Crippen LogP contribution in [0, 0.1) is 0 Å². The summed E-state index contributed by atoms with van der Waals surface area (Å²) in [6.45, 7) is 5.73. The number of rotatable bonds is 7. The molecule has 1 rings (SSSR count). The Morgan fingerprint density at radius 3 is 2.43 bits per heavy atom. The molecule has 0 bridgehead atoms. The van der Waals surface area contributed by atoms with Crippen LogP contribution in [0.3, 0.4) is 0 Å². The van der Waals surface area contributed by atoms with Crippen molar-refractivity contribution in [1.82, 2.24) is 10.2 Å². The molecule has 0 saturated carbocycles. The molecule has 0 aromatic heterocycles. The maximum absolute atomic E-state index is 12.0. The number of halogens is 1. The van der Waals surface area contributed by atoms with Crippen molar-refractivity contribution in [2.75, 3.05) is 31.3 Å². The zero-order valence-corrected chi connectivity index (χ0v) is 15.0. The van der Waals surface area contributed by atoms with E-state index in [4.69, 9.17) is 11.6 Å². The molecule has 1 atom stereocenters. The lowest BCUT2D eigenvalue weighted by atomic mass is 10.2. The third-order valence-corrected chi connectivity index (χ3v) is 3.39. The molecule has 0 aliphatic rings. The van der Waals surface area contributed by atoms with Crippen LogP contribution in [0.4, 0.5) is 11.4 Å². The lowest BCUT2D eigenvalue weighted by molar-refractivity contribution is -0.133. The fourth-order valence-electron chi connectivity index (χ4n) is 2.02. The molecule has 0 radical (unpaired) electrons. The van der Waals surface area contributed by atoms with Crippen molar-refractivity contribution in [3.8, 4) is 0 Å². The minimum atomic E-state index is -0.563. The van der Waals surface area contributed by atoms with Crippen LogP contribution >= 0.6 is 11.6 Å². The predicted octanol–water partition coefficient (Wildman–Crippen LogP) is 2.17. The number of benzene rings is 1. The largest absolute Gasteiger partial charge is 0.380 e. The van der Waals surface area contributed by atoms with Crippen molar-refractivity contribution in [2.24, 2.45) is 0 Å². The Morgan fingerprint density at radius 2 is 1.87 bits per heavy atom.